The fourth-order valence-corrected chi connectivity index (χ4v) is 1.18. The van der Waals surface area contributed by atoms with Crippen molar-refractivity contribution in [3.8, 4) is 0 Å². The van der Waals surface area contributed by atoms with Gasteiger partial charge in [-0.3, -0.25) is 0 Å². The molecule has 1 saturated heterocycles. The second-order valence-corrected chi connectivity index (χ2v) is 2.88. The Morgan fingerprint density at radius 1 is 1.36 bits per heavy atom. The molecular weight excluding hydrogens is 157 g/mol. The minimum atomic E-state index is -4.00. The smallest absolute Gasteiger partial charge is 0.381 e. The molecule has 0 spiro atoms. The van der Waals surface area contributed by atoms with E-state index in [2.05, 4.69) is 0 Å². The van der Waals surface area contributed by atoms with Crippen LogP contribution < -0.4 is 0 Å². The molecule has 66 valence electrons. The highest BCUT2D eigenvalue weighted by Gasteiger charge is 2.29. The number of halogens is 3. The summed E-state index contributed by atoms with van der Waals surface area (Å²) in [5.41, 5.74) is 0. The third-order valence-electron chi connectivity index (χ3n) is 1.86. The third-order valence-corrected chi connectivity index (χ3v) is 1.86. The van der Waals surface area contributed by atoms with Gasteiger partial charge in [0.25, 0.3) is 0 Å². The Labute approximate surface area is 63.5 Å². The molecule has 1 aliphatic rings. The largest absolute Gasteiger partial charge is 0.389 e. The van der Waals surface area contributed by atoms with Crippen LogP contribution in [0.5, 0.6) is 0 Å². The molecule has 0 saturated carbocycles. The predicted octanol–water partition coefficient (Wildman–Crippen LogP) is 2.37. The van der Waals surface area contributed by atoms with Gasteiger partial charge in [-0.15, -0.1) is 0 Å². The molecule has 0 aromatic carbocycles. The first-order chi connectivity index (χ1) is 5.08. The van der Waals surface area contributed by atoms with E-state index < -0.39 is 12.6 Å². The standard InChI is InChI=1S/C7H11F3O/c8-7(9,10)3-1-6-2-4-11-5-6/h6H,1-5H2. The molecule has 1 aliphatic heterocycles. The van der Waals surface area contributed by atoms with Gasteiger partial charge in [0.2, 0.25) is 0 Å². The van der Waals surface area contributed by atoms with Crippen LogP contribution in [0.1, 0.15) is 19.3 Å². The zero-order valence-electron chi connectivity index (χ0n) is 6.16. The average molecular weight is 168 g/mol. The summed E-state index contributed by atoms with van der Waals surface area (Å²) in [5, 5.41) is 0. The number of rotatable bonds is 2. The lowest BCUT2D eigenvalue weighted by atomic mass is 10.0. The second-order valence-electron chi connectivity index (χ2n) is 2.88. The molecule has 11 heavy (non-hydrogen) atoms. The minimum absolute atomic E-state index is 0.136. The maximum absolute atomic E-state index is 11.7. The summed E-state index contributed by atoms with van der Waals surface area (Å²) >= 11 is 0. The summed E-state index contributed by atoms with van der Waals surface area (Å²) in [6, 6.07) is 0. The Morgan fingerprint density at radius 3 is 2.55 bits per heavy atom. The molecule has 0 amide bonds. The van der Waals surface area contributed by atoms with Crippen LogP contribution in [-0.4, -0.2) is 19.4 Å². The quantitative estimate of drug-likeness (QED) is 0.615. The van der Waals surface area contributed by atoms with Gasteiger partial charge in [-0.25, -0.2) is 0 Å². The normalized spacial score (nSPS) is 25.9. The van der Waals surface area contributed by atoms with Crippen LogP contribution >= 0.6 is 0 Å². The van der Waals surface area contributed by atoms with E-state index in [1.165, 1.54) is 0 Å². The molecule has 4 heteroatoms. The van der Waals surface area contributed by atoms with Gasteiger partial charge in [-0.2, -0.15) is 13.2 Å². The van der Waals surface area contributed by atoms with Gasteiger partial charge in [-0.05, 0) is 18.8 Å². The van der Waals surface area contributed by atoms with Crippen LogP contribution in [0.3, 0.4) is 0 Å². The molecule has 0 aromatic rings. The van der Waals surface area contributed by atoms with Crippen LogP contribution in [0.4, 0.5) is 13.2 Å². The minimum Gasteiger partial charge on any atom is -0.381 e. The highest BCUT2D eigenvalue weighted by molar-refractivity contribution is 4.65. The van der Waals surface area contributed by atoms with Crippen LogP contribution in [0.2, 0.25) is 0 Å². The zero-order chi connectivity index (χ0) is 8.32. The molecule has 1 unspecified atom stereocenters. The van der Waals surface area contributed by atoms with Crippen molar-refractivity contribution in [2.45, 2.75) is 25.4 Å². The monoisotopic (exact) mass is 168 g/mol. The molecule has 1 atom stereocenters. The van der Waals surface area contributed by atoms with Crippen LogP contribution in [0.15, 0.2) is 0 Å². The number of ether oxygens (including phenoxy) is 1. The van der Waals surface area contributed by atoms with Crippen molar-refractivity contribution in [3.63, 3.8) is 0 Å². The van der Waals surface area contributed by atoms with Crippen molar-refractivity contribution in [1.82, 2.24) is 0 Å². The number of alkyl halides is 3. The molecular formula is C7H11F3O. The first kappa shape index (κ1) is 8.84. The third kappa shape index (κ3) is 3.60. The molecule has 0 aliphatic carbocycles. The Hall–Kier alpha value is -0.250. The van der Waals surface area contributed by atoms with E-state index in [4.69, 9.17) is 4.74 Å². The molecule has 0 radical (unpaired) electrons. The molecule has 0 N–H and O–H groups in total. The maximum atomic E-state index is 11.7. The number of hydrogen-bond donors (Lipinski definition) is 0. The summed E-state index contributed by atoms with van der Waals surface area (Å²) in [6.07, 6.45) is -3.65. The fourth-order valence-electron chi connectivity index (χ4n) is 1.18. The van der Waals surface area contributed by atoms with E-state index in [1.54, 1.807) is 0 Å². The SMILES string of the molecule is FC(F)(F)CCC1CCOC1. The lowest BCUT2D eigenvalue weighted by Gasteiger charge is -2.09. The van der Waals surface area contributed by atoms with Crippen molar-refractivity contribution in [3.05, 3.63) is 0 Å². The van der Waals surface area contributed by atoms with E-state index in [-0.39, 0.29) is 12.3 Å². The Morgan fingerprint density at radius 2 is 2.09 bits per heavy atom. The summed E-state index contributed by atoms with van der Waals surface area (Å²) in [4.78, 5) is 0. The lowest BCUT2D eigenvalue weighted by molar-refractivity contribution is -0.137. The van der Waals surface area contributed by atoms with Gasteiger partial charge < -0.3 is 4.74 Å². The van der Waals surface area contributed by atoms with Crippen molar-refractivity contribution in [2.24, 2.45) is 5.92 Å². The van der Waals surface area contributed by atoms with Crippen molar-refractivity contribution in [1.29, 1.82) is 0 Å². The van der Waals surface area contributed by atoms with Crippen LogP contribution in [0.25, 0.3) is 0 Å². The molecule has 0 bridgehead atoms. The molecule has 1 fully saturated rings. The highest BCUT2D eigenvalue weighted by Crippen LogP contribution is 2.27. The number of hydrogen-bond acceptors (Lipinski definition) is 1. The average Bonchev–Trinajstić information content (AvgIpc) is 2.32. The summed E-state index contributed by atoms with van der Waals surface area (Å²) in [6.45, 7) is 1.14. The van der Waals surface area contributed by atoms with Crippen LogP contribution in [0, 0.1) is 5.92 Å². The van der Waals surface area contributed by atoms with E-state index in [0.29, 0.717) is 13.2 Å². The van der Waals surface area contributed by atoms with Crippen molar-refractivity contribution in [2.75, 3.05) is 13.2 Å². The second kappa shape index (κ2) is 3.43. The van der Waals surface area contributed by atoms with Crippen LogP contribution in [-0.2, 0) is 4.74 Å². The van der Waals surface area contributed by atoms with Gasteiger partial charge >= 0.3 is 6.18 Å². The topological polar surface area (TPSA) is 9.23 Å². The summed E-state index contributed by atoms with van der Waals surface area (Å²) in [5.74, 6) is 0.136. The van der Waals surface area contributed by atoms with Crippen molar-refractivity contribution < 1.29 is 17.9 Å². The van der Waals surface area contributed by atoms with E-state index in [1.807, 2.05) is 0 Å². The van der Waals surface area contributed by atoms with Gasteiger partial charge in [0.05, 0.1) is 0 Å². The van der Waals surface area contributed by atoms with Crippen molar-refractivity contribution >= 4 is 0 Å². The lowest BCUT2D eigenvalue weighted by Crippen LogP contribution is -2.10. The maximum Gasteiger partial charge on any atom is 0.389 e. The van der Waals surface area contributed by atoms with Gasteiger partial charge in [0.15, 0.2) is 0 Å². The van der Waals surface area contributed by atoms with Gasteiger partial charge in [0, 0.05) is 19.6 Å². The summed E-state index contributed by atoms with van der Waals surface area (Å²) < 4.78 is 40.0. The zero-order valence-corrected chi connectivity index (χ0v) is 6.16. The first-order valence-corrected chi connectivity index (χ1v) is 3.72. The van der Waals surface area contributed by atoms with E-state index >= 15 is 0 Å². The molecule has 0 aromatic heterocycles. The van der Waals surface area contributed by atoms with E-state index in [0.717, 1.165) is 6.42 Å². The Bertz CT molecular complexity index is 115. The summed E-state index contributed by atoms with van der Waals surface area (Å²) in [7, 11) is 0. The van der Waals surface area contributed by atoms with Gasteiger partial charge in [-0.1, -0.05) is 0 Å². The highest BCUT2D eigenvalue weighted by atomic mass is 19.4. The van der Waals surface area contributed by atoms with E-state index in [9.17, 15) is 13.2 Å². The van der Waals surface area contributed by atoms with Gasteiger partial charge in [0.1, 0.15) is 0 Å². The first-order valence-electron chi connectivity index (χ1n) is 3.72. The molecule has 1 heterocycles. The predicted molar refractivity (Wildman–Crippen MR) is 34.2 cm³/mol. The Balaban J connectivity index is 2.11. The molecule has 1 nitrogen and oxygen atoms in total. The fraction of sp³-hybridized carbons (Fsp3) is 1.00. The molecule has 1 rings (SSSR count). The Kier molecular flexibility index (Phi) is 2.76.